The molecule has 2 fully saturated rings. The highest BCUT2D eigenvalue weighted by Crippen LogP contribution is 2.40. The van der Waals surface area contributed by atoms with E-state index in [9.17, 15) is 4.39 Å². The predicted molar refractivity (Wildman–Crippen MR) is 78.5 cm³/mol. The number of hydrogen-bond donors (Lipinski definition) is 1. The molecule has 0 amide bonds. The second-order valence-corrected chi connectivity index (χ2v) is 4.98. The van der Waals surface area contributed by atoms with E-state index in [4.69, 9.17) is 14.6 Å². The van der Waals surface area contributed by atoms with Crippen molar-refractivity contribution in [2.24, 2.45) is 4.99 Å². The minimum Gasteiger partial charge on any atom is -0.443 e. The van der Waals surface area contributed by atoms with Gasteiger partial charge in [-0.3, -0.25) is 5.41 Å². The molecule has 6 heteroatoms. The van der Waals surface area contributed by atoms with Crippen molar-refractivity contribution in [1.29, 1.82) is 5.41 Å². The highest BCUT2D eigenvalue weighted by atomic mass is 19.1. The van der Waals surface area contributed by atoms with Gasteiger partial charge in [0.1, 0.15) is 12.4 Å². The molecule has 2 aliphatic rings. The van der Waals surface area contributed by atoms with Gasteiger partial charge in [-0.15, -0.1) is 0 Å². The van der Waals surface area contributed by atoms with E-state index in [1.54, 1.807) is 0 Å². The molecule has 1 aliphatic heterocycles. The van der Waals surface area contributed by atoms with E-state index in [0.717, 1.165) is 37.1 Å². The summed E-state index contributed by atoms with van der Waals surface area (Å²) in [5, 5.41) is 6.30. The van der Waals surface area contributed by atoms with E-state index < -0.39 is 0 Å². The number of halogens is 1. The summed E-state index contributed by atoms with van der Waals surface area (Å²) in [6.07, 6.45) is 11.5. The summed E-state index contributed by atoms with van der Waals surface area (Å²) < 4.78 is 22.3. The molecule has 1 saturated heterocycles. The van der Waals surface area contributed by atoms with Crippen LogP contribution >= 0.6 is 0 Å². The molecular formula is C15H20FN3O2. The van der Waals surface area contributed by atoms with Crippen molar-refractivity contribution in [3.63, 3.8) is 0 Å². The first-order chi connectivity index (χ1) is 10.3. The van der Waals surface area contributed by atoms with E-state index in [1.807, 2.05) is 6.20 Å². The fourth-order valence-corrected chi connectivity index (χ4v) is 2.06. The Morgan fingerprint density at radius 3 is 2.81 bits per heavy atom. The maximum Gasteiger partial charge on any atom is 0.197 e. The molecule has 1 atom stereocenters. The summed E-state index contributed by atoms with van der Waals surface area (Å²) in [4.78, 5) is 7.56. The lowest BCUT2D eigenvalue weighted by molar-refractivity contribution is 0.00128. The van der Waals surface area contributed by atoms with Crippen LogP contribution in [0.25, 0.3) is 0 Å². The Morgan fingerprint density at radius 1 is 1.33 bits per heavy atom. The van der Waals surface area contributed by atoms with Crippen molar-refractivity contribution in [3.8, 4) is 0 Å². The highest BCUT2D eigenvalue weighted by Gasteiger charge is 2.30. The van der Waals surface area contributed by atoms with E-state index in [1.165, 1.54) is 31.9 Å². The van der Waals surface area contributed by atoms with E-state index in [2.05, 4.69) is 9.98 Å². The van der Waals surface area contributed by atoms with Crippen LogP contribution in [-0.2, 0) is 4.74 Å². The average Bonchev–Trinajstić information content (AvgIpc) is 3.27. The summed E-state index contributed by atoms with van der Waals surface area (Å²) in [5.74, 6) is 2.47. The predicted octanol–water partition coefficient (Wildman–Crippen LogP) is 3.94. The first-order valence-electron chi connectivity index (χ1n) is 7.20. The topological polar surface area (TPSA) is 71.5 Å². The van der Waals surface area contributed by atoms with Crippen molar-refractivity contribution in [2.45, 2.75) is 44.1 Å². The van der Waals surface area contributed by atoms with E-state index in [0.29, 0.717) is 12.2 Å². The van der Waals surface area contributed by atoms with Crippen molar-refractivity contribution in [2.75, 3.05) is 6.61 Å². The number of oxazole rings is 1. The number of nitrogens with zero attached hydrogens (tertiary/aromatic N) is 2. The second kappa shape index (κ2) is 8.46. The molecule has 21 heavy (non-hydrogen) atoms. The Morgan fingerprint density at radius 2 is 2.19 bits per heavy atom. The molecule has 1 aromatic rings. The summed E-state index contributed by atoms with van der Waals surface area (Å²) in [6.45, 7) is 0.865. The van der Waals surface area contributed by atoms with Crippen LogP contribution in [0.3, 0.4) is 0 Å². The third-order valence-electron chi connectivity index (χ3n) is 3.28. The molecule has 0 radical (unpaired) electrons. The van der Waals surface area contributed by atoms with Gasteiger partial charge >= 0.3 is 0 Å². The van der Waals surface area contributed by atoms with Crippen LogP contribution < -0.4 is 0 Å². The second-order valence-electron chi connectivity index (χ2n) is 4.98. The van der Waals surface area contributed by atoms with Crippen molar-refractivity contribution in [3.05, 3.63) is 30.3 Å². The van der Waals surface area contributed by atoms with E-state index in [-0.39, 0.29) is 6.10 Å². The fourth-order valence-electron chi connectivity index (χ4n) is 2.06. The Labute approximate surface area is 123 Å². The zero-order valence-corrected chi connectivity index (χ0v) is 11.9. The van der Waals surface area contributed by atoms with Gasteiger partial charge in [-0.1, -0.05) is 0 Å². The molecule has 2 heterocycles. The summed E-state index contributed by atoms with van der Waals surface area (Å²) in [6, 6.07) is 0. The SMILES string of the molecule is N=CN=C/C=C\F.c1nc(C2CC2)oc1[C@@H]1CCCCO1. The maximum absolute atomic E-state index is 11.0. The van der Waals surface area contributed by atoms with Gasteiger partial charge in [0, 0.05) is 18.7 Å². The van der Waals surface area contributed by atoms with E-state index >= 15 is 0 Å². The van der Waals surface area contributed by atoms with Gasteiger partial charge in [-0.2, -0.15) is 0 Å². The van der Waals surface area contributed by atoms with Crippen molar-refractivity contribution < 1.29 is 13.5 Å². The molecule has 0 spiro atoms. The molecule has 0 bridgehead atoms. The quantitative estimate of drug-likeness (QED) is 0.675. The number of rotatable bonds is 4. The van der Waals surface area contributed by atoms with Crippen molar-refractivity contribution in [1.82, 2.24) is 4.98 Å². The summed E-state index contributed by atoms with van der Waals surface area (Å²) in [5.41, 5.74) is 0. The molecular weight excluding hydrogens is 273 g/mol. The van der Waals surface area contributed by atoms with Gasteiger partial charge in [0.05, 0.1) is 12.5 Å². The Kier molecular flexibility index (Phi) is 6.27. The Balaban J connectivity index is 0.000000199. The van der Waals surface area contributed by atoms with Gasteiger partial charge in [0.2, 0.25) is 0 Å². The summed E-state index contributed by atoms with van der Waals surface area (Å²) in [7, 11) is 0. The molecule has 1 aliphatic carbocycles. The number of aromatic nitrogens is 1. The van der Waals surface area contributed by atoms with Crippen LogP contribution in [0.1, 0.15) is 55.8 Å². The van der Waals surface area contributed by atoms with Crippen LogP contribution in [0.5, 0.6) is 0 Å². The number of hydrogen-bond acceptors (Lipinski definition) is 4. The van der Waals surface area contributed by atoms with Gasteiger partial charge < -0.3 is 9.15 Å². The van der Waals surface area contributed by atoms with Gasteiger partial charge in [0.25, 0.3) is 0 Å². The van der Waals surface area contributed by atoms with Gasteiger partial charge in [-0.25, -0.2) is 14.4 Å². The highest BCUT2D eigenvalue weighted by molar-refractivity contribution is 5.78. The smallest absolute Gasteiger partial charge is 0.197 e. The third-order valence-corrected chi connectivity index (χ3v) is 3.28. The molecule has 1 aromatic heterocycles. The molecule has 5 nitrogen and oxygen atoms in total. The molecule has 114 valence electrons. The lowest BCUT2D eigenvalue weighted by Crippen LogP contribution is -2.10. The fraction of sp³-hybridized carbons (Fsp3) is 0.533. The van der Waals surface area contributed by atoms with Crippen LogP contribution in [0.15, 0.2) is 28.0 Å². The minimum absolute atomic E-state index is 0.170. The molecule has 3 rings (SSSR count). The number of nitrogens with one attached hydrogen (secondary N) is 1. The van der Waals surface area contributed by atoms with Crippen LogP contribution in [0, 0.1) is 5.41 Å². The van der Waals surface area contributed by atoms with Gasteiger partial charge in [0.15, 0.2) is 11.7 Å². The lowest BCUT2D eigenvalue weighted by atomic mass is 10.1. The first kappa shape index (κ1) is 15.6. The molecule has 0 aromatic carbocycles. The summed E-state index contributed by atoms with van der Waals surface area (Å²) >= 11 is 0. The zero-order chi connectivity index (χ0) is 14.9. The number of ether oxygens (including phenoxy) is 1. The Bertz CT molecular complexity index is 489. The molecule has 0 unspecified atom stereocenters. The molecule has 1 saturated carbocycles. The zero-order valence-electron chi connectivity index (χ0n) is 11.9. The monoisotopic (exact) mass is 293 g/mol. The minimum atomic E-state index is 0.170. The number of aliphatic imine (C=N–C) groups is 1. The average molecular weight is 293 g/mol. The molecule has 1 N–H and O–H groups in total. The third kappa shape index (κ3) is 5.23. The Hall–Kier alpha value is -1.82. The lowest BCUT2D eigenvalue weighted by Gasteiger charge is -2.19. The van der Waals surface area contributed by atoms with Crippen LogP contribution in [0.2, 0.25) is 0 Å². The maximum atomic E-state index is 11.0. The van der Waals surface area contributed by atoms with Gasteiger partial charge in [-0.05, 0) is 38.2 Å². The van der Waals surface area contributed by atoms with Crippen molar-refractivity contribution >= 4 is 12.6 Å². The first-order valence-corrected chi connectivity index (χ1v) is 7.20. The largest absolute Gasteiger partial charge is 0.443 e. The standard InChI is InChI=1S/C11H15NO2.C4H5FN2/c1-2-6-13-9(3-1)10-7-12-11(14-10)8-4-5-8;5-2-1-3-7-4-6/h7-9H,1-6H2;1-4,6H/b;2-1-,6-4?,7-3?/t9-;/m0./s1. The van der Waals surface area contributed by atoms with Crippen LogP contribution in [-0.4, -0.2) is 24.1 Å². The van der Waals surface area contributed by atoms with Crippen LogP contribution in [0.4, 0.5) is 4.39 Å². The normalized spacial score (nSPS) is 22.2. The number of allylic oxidation sites excluding steroid dienone is 1.